The Hall–Kier alpha value is -2.27. The number of nitrogens with two attached hydrogens (primary N) is 1. The molecular weight excluding hydrogens is 298 g/mol. The van der Waals surface area contributed by atoms with Gasteiger partial charge in [-0.05, 0) is 56.3 Å². The summed E-state index contributed by atoms with van der Waals surface area (Å²) in [6.45, 7) is 0.788. The summed E-state index contributed by atoms with van der Waals surface area (Å²) in [6, 6.07) is 6.55. The molecule has 2 aliphatic rings. The van der Waals surface area contributed by atoms with E-state index >= 15 is 0 Å². The van der Waals surface area contributed by atoms with Gasteiger partial charge in [-0.15, -0.1) is 0 Å². The zero-order valence-corrected chi connectivity index (χ0v) is 13.6. The standard InChI is InChI=1S/C19H21N5/c20-10-12-8-14(9-12)24-11-16(18(23-24)13-3-4-13)19-15-2-1-6-21-17(15)5-7-22-19/h1-2,5-7,11-14H,3-4,8-10,20H2. The third-order valence-electron chi connectivity index (χ3n) is 5.43. The van der Waals surface area contributed by atoms with Crippen molar-refractivity contribution < 1.29 is 0 Å². The Balaban J connectivity index is 1.60. The van der Waals surface area contributed by atoms with Crippen molar-refractivity contribution in [2.45, 2.75) is 37.6 Å². The van der Waals surface area contributed by atoms with Crippen LogP contribution in [0.1, 0.15) is 43.3 Å². The molecule has 2 N–H and O–H groups in total. The molecule has 5 nitrogen and oxygen atoms in total. The fraction of sp³-hybridized carbons (Fsp3) is 0.421. The summed E-state index contributed by atoms with van der Waals surface area (Å²) in [7, 11) is 0. The van der Waals surface area contributed by atoms with E-state index in [1.165, 1.54) is 24.1 Å². The number of hydrogen-bond acceptors (Lipinski definition) is 4. The molecule has 0 spiro atoms. The molecule has 5 rings (SSSR count). The smallest absolute Gasteiger partial charge is 0.0830 e. The van der Waals surface area contributed by atoms with Gasteiger partial charge in [-0.3, -0.25) is 14.6 Å². The molecule has 2 saturated carbocycles. The van der Waals surface area contributed by atoms with Gasteiger partial charge in [0, 0.05) is 35.5 Å². The highest BCUT2D eigenvalue weighted by Gasteiger charge is 2.34. The molecule has 3 aromatic rings. The van der Waals surface area contributed by atoms with Crippen LogP contribution in [0.2, 0.25) is 0 Å². The molecule has 24 heavy (non-hydrogen) atoms. The summed E-state index contributed by atoms with van der Waals surface area (Å²) in [4.78, 5) is 9.15. The van der Waals surface area contributed by atoms with Crippen molar-refractivity contribution in [2.24, 2.45) is 11.7 Å². The van der Waals surface area contributed by atoms with Gasteiger partial charge in [-0.25, -0.2) is 0 Å². The van der Waals surface area contributed by atoms with Gasteiger partial charge in [0.2, 0.25) is 0 Å². The average Bonchev–Trinajstić information content (AvgIpc) is 3.34. The van der Waals surface area contributed by atoms with Crippen LogP contribution in [0.4, 0.5) is 0 Å². The van der Waals surface area contributed by atoms with Crippen LogP contribution < -0.4 is 5.73 Å². The maximum absolute atomic E-state index is 5.77. The Labute approximate surface area is 140 Å². The molecule has 0 radical (unpaired) electrons. The molecule has 0 unspecified atom stereocenters. The number of pyridine rings is 2. The van der Waals surface area contributed by atoms with Crippen LogP contribution in [0, 0.1) is 5.92 Å². The van der Waals surface area contributed by atoms with E-state index in [1.807, 2.05) is 24.5 Å². The third kappa shape index (κ3) is 2.23. The minimum absolute atomic E-state index is 0.498. The third-order valence-corrected chi connectivity index (χ3v) is 5.43. The molecule has 3 heterocycles. The lowest BCUT2D eigenvalue weighted by Gasteiger charge is -2.34. The van der Waals surface area contributed by atoms with Crippen molar-refractivity contribution >= 4 is 10.9 Å². The van der Waals surface area contributed by atoms with E-state index in [2.05, 4.69) is 26.9 Å². The average molecular weight is 319 g/mol. The highest BCUT2D eigenvalue weighted by Crippen LogP contribution is 2.46. The quantitative estimate of drug-likeness (QED) is 0.801. The monoisotopic (exact) mass is 319 g/mol. The topological polar surface area (TPSA) is 69.6 Å². The number of hydrogen-bond donors (Lipinski definition) is 1. The summed E-state index contributed by atoms with van der Waals surface area (Å²) in [5.41, 5.74) is 10.2. The first-order chi connectivity index (χ1) is 11.8. The Morgan fingerprint density at radius 2 is 2.00 bits per heavy atom. The first-order valence-corrected chi connectivity index (χ1v) is 8.82. The minimum Gasteiger partial charge on any atom is -0.330 e. The highest BCUT2D eigenvalue weighted by atomic mass is 15.3. The van der Waals surface area contributed by atoms with Crippen molar-refractivity contribution in [3.8, 4) is 11.3 Å². The van der Waals surface area contributed by atoms with Gasteiger partial charge in [-0.2, -0.15) is 5.10 Å². The van der Waals surface area contributed by atoms with Crippen LogP contribution >= 0.6 is 0 Å². The van der Waals surface area contributed by atoms with E-state index in [4.69, 9.17) is 10.8 Å². The Morgan fingerprint density at radius 3 is 2.79 bits per heavy atom. The van der Waals surface area contributed by atoms with Crippen LogP contribution in [-0.4, -0.2) is 26.3 Å². The molecule has 0 saturated heterocycles. The van der Waals surface area contributed by atoms with Gasteiger partial charge in [0.05, 0.1) is 22.9 Å². The maximum atomic E-state index is 5.77. The Kier molecular flexibility index (Phi) is 3.16. The minimum atomic E-state index is 0.498. The summed E-state index contributed by atoms with van der Waals surface area (Å²) < 4.78 is 2.17. The van der Waals surface area contributed by atoms with E-state index in [9.17, 15) is 0 Å². The number of fused-ring (bicyclic) bond motifs is 1. The lowest BCUT2D eigenvalue weighted by Crippen LogP contribution is -2.32. The molecule has 0 aromatic carbocycles. The summed E-state index contributed by atoms with van der Waals surface area (Å²) in [6.07, 6.45) is 10.7. The zero-order chi connectivity index (χ0) is 16.1. The number of aromatic nitrogens is 4. The second-order valence-corrected chi connectivity index (χ2v) is 7.14. The number of rotatable bonds is 4. The lowest BCUT2D eigenvalue weighted by atomic mass is 9.80. The van der Waals surface area contributed by atoms with Crippen LogP contribution in [0.25, 0.3) is 22.2 Å². The van der Waals surface area contributed by atoms with Crippen molar-refractivity contribution in [3.05, 3.63) is 42.5 Å². The maximum Gasteiger partial charge on any atom is 0.0830 e. The SMILES string of the molecule is NCC1CC(n2cc(-c3nccc4ncccc34)c(C3CC3)n2)C1. The first kappa shape index (κ1) is 14.1. The van der Waals surface area contributed by atoms with E-state index in [1.54, 1.807) is 0 Å². The van der Waals surface area contributed by atoms with E-state index in [0.29, 0.717) is 17.9 Å². The molecule has 2 fully saturated rings. The Morgan fingerprint density at radius 1 is 1.12 bits per heavy atom. The Bertz CT molecular complexity index is 884. The van der Waals surface area contributed by atoms with Gasteiger partial charge >= 0.3 is 0 Å². The number of nitrogens with zero attached hydrogens (tertiary/aromatic N) is 4. The van der Waals surface area contributed by atoms with E-state index in [0.717, 1.165) is 36.0 Å². The second kappa shape index (κ2) is 5.38. The fourth-order valence-corrected chi connectivity index (χ4v) is 3.76. The lowest BCUT2D eigenvalue weighted by molar-refractivity contribution is 0.189. The van der Waals surface area contributed by atoms with Gasteiger partial charge in [-0.1, -0.05) is 0 Å². The highest BCUT2D eigenvalue weighted by molar-refractivity contribution is 5.92. The van der Waals surface area contributed by atoms with Gasteiger partial charge in [0.15, 0.2) is 0 Å². The molecule has 0 amide bonds. The van der Waals surface area contributed by atoms with E-state index < -0.39 is 0 Å². The molecule has 122 valence electrons. The van der Waals surface area contributed by atoms with Crippen molar-refractivity contribution in [1.29, 1.82) is 0 Å². The summed E-state index contributed by atoms with van der Waals surface area (Å²) >= 11 is 0. The molecule has 0 atom stereocenters. The van der Waals surface area contributed by atoms with Gasteiger partial charge in [0.25, 0.3) is 0 Å². The fourth-order valence-electron chi connectivity index (χ4n) is 3.76. The largest absolute Gasteiger partial charge is 0.330 e. The summed E-state index contributed by atoms with van der Waals surface area (Å²) in [5, 5.41) is 6.07. The first-order valence-electron chi connectivity index (χ1n) is 8.82. The second-order valence-electron chi connectivity index (χ2n) is 7.14. The van der Waals surface area contributed by atoms with Crippen molar-refractivity contribution in [1.82, 2.24) is 19.7 Å². The molecule has 3 aromatic heterocycles. The molecule has 0 aliphatic heterocycles. The predicted octanol–water partition coefficient (Wildman–Crippen LogP) is 3.28. The molecule has 2 aliphatic carbocycles. The molecule has 0 bridgehead atoms. The predicted molar refractivity (Wildman–Crippen MR) is 93.5 cm³/mol. The van der Waals surface area contributed by atoms with Crippen molar-refractivity contribution in [3.63, 3.8) is 0 Å². The normalized spacial score (nSPS) is 23.4. The van der Waals surface area contributed by atoms with Gasteiger partial charge in [0.1, 0.15) is 0 Å². The van der Waals surface area contributed by atoms with Crippen LogP contribution in [0.3, 0.4) is 0 Å². The van der Waals surface area contributed by atoms with Crippen LogP contribution in [0.5, 0.6) is 0 Å². The van der Waals surface area contributed by atoms with Gasteiger partial charge < -0.3 is 5.73 Å². The zero-order valence-electron chi connectivity index (χ0n) is 13.6. The van der Waals surface area contributed by atoms with Crippen LogP contribution in [-0.2, 0) is 0 Å². The van der Waals surface area contributed by atoms with Crippen LogP contribution in [0.15, 0.2) is 36.8 Å². The molecular formula is C19H21N5. The molecule has 5 heteroatoms. The van der Waals surface area contributed by atoms with Crippen molar-refractivity contribution in [2.75, 3.05) is 6.54 Å². The van der Waals surface area contributed by atoms with E-state index in [-0.39, 0.29) is 0 Å². The summed E-state index contributed by atoms with van der Waals surface area (Å²) in [5.74, 6) is 1.26.